The highest BCUT2D eigenvalue weighted by atomic mass is 35.5. The molecule has 3 N–H and O–H groups in total. The van der Waals surface area contributed by atoms with Crippen LogP contribution < -0.4 is 5.73 Å². The summed E-state index contributed by atoms with van der Waals surface area (Å²) in [6.07, 6.45) is -0.520. The molecule has 0 saturated carbocycles. The Kier molecular flexibility index (Phi) is 3.01. The minimum absolute atomic E-state index is 0.0177. The van der Waals surface area contributed by atoms with E-state index in [1.807, 2.05) is 0 Å². The van der Waals surface area contributed by atoms with Crippen molar-refractivity contribution in [1.82, 2.24) is 0 Å². The Morgan fingerprint density at radius 2 is 2.38 bits per heavy atom. The van der Waals surface area contributed by atoms with Gasteiger partial charge in [0.2, 0.25) is 0 Å². The van der Waals surface area contributed by atoms with Crippen LogP contribution >= 0.6 is 11.6 Å². The van der Waals surface area contributed by atoms with Gasteiger partial charge in [-0.15, -0.1) is 0 Å². The maximum atomic E-state index is 11.9. The highest BCUT2D eigenvalue weighted by Crippen LogP contribution is 2.20. The number of aliphatic carboxylic acids is 1. The van der Waals surface area contributed by atoms with Crippen molar-refractivity contribution < 1.29 is 17.4 Å². The van der Waals surface area contributed by atoms with Gasteiger partial charge in [0.1, 0.15) is 0 Å². The Balaban J connectivity index is 3.06. The summed E-state index contributed by atoms with van der Waals surface area (Å²) >= 11 is 5.66. The second-order valence-corrected chi connectivity index (χ2v) is 3.74. The molecular formula is C11H12ClNO3. The number of anilines is 1. The maximum Gasteiger partial charge on any atom is 0.306 e. The van der Waals surface area contributed by atoms with Crippen molar-refractivity contribution in [2.45, 2.75) is 13.3 Å². The third-order valence-corrected chi connectivity index (χ3v) is 2.26. The van der Waals surface area contributed by atoms with E-state index in [9.17, 15) is 9.59 Å². The summed E-state index contributed by atoms with van der Waals surface area (Å²) in [6.45, 7) is 1.13. The molecule has 0 amide bonds. The van der Waals surface area contributed by atoms with Crippen LogP contribution in [0.25, 0.3) is 0 Å². The van der Waals surface area contributed by atoms with Gasteiger partial charge < -0.3 is 10.8 Å². The van der Waals surface area contributed by atoms with Crippen LogP contribution in [0.1, 0.15) is 26.4 Å². The van der Waals surface area contributed by atoms with E-state index in [4.69, 9.17) is 25.2 Å². The summed E-state index contributed by atoms with van der Waals surface area (Å²) < 4.78 is 15.0. The zero-order valence-electron chi connectivity index (χ0n) is 10.6. The number of carboxylic acids is 1. The van der Waals surface area contributed by atoms with Gasteiger partial charge in [0.15, 0.2) is 5.78 Å². The molecule has 0 bridgehead atoms. The third-order valence-electron chi connectivity index (χ3n) is 2.04. The lowest BCUT2D eigenvalue weighted by Gasteiger charge is -2.07. The van der Waals surface area contributed by atoms with E-state index in [1.54, 1.807) is 0 Å². The molecular weight excluding hydrogens is 230 g/mol. The smallest absolute Gasteiger partial charge is 0.306 e. The molecule has 1 atom stereocenters. The molecule has 0 fully saturated rings. The number of Topliss-reactive ketones (excluding diaryl/α,β-unsaturated/α-hetero) is 1. The van der Waals surface area contributed by atoms with E-state index in [0.29, 0.717) is 0 Å². The van der Waals surface area contributed by atoms with Gasteiger partial charge in [-0.25, -0.2) is 0 Å². The first kappa shape index (κ1) is 9.66. The number of rotatable bonds is 4. The van der Waals surface area contributed by atoms with Crippen LogP contribution in [0.5, 0.6) is 0 Å². The molecule has 5 heteroatoms. The zero-order valence-corrected chi connectivity index (χ0v) is 9.34. The molecule has 0 aliphatic carbocycles. The Morgan fingerprint density at radius 1 is 1.75 bits per heavy atom. The SMILES string of the molecule is [2H]c1cc(C(=O)CC([2H])(C)C(=O)O)c(N)cc1Cl. The molecule has 0 spiro atoms. The Hall–Kier alpha value is -1.55. The van der Waals surface area contributed by atoms with Crippen molar-refractivity contribution in [2.75, 3.05) is 5.73 Å². The lowest BCUT2D eigenvalue weighted by atomic mass is 9.99. The highest BCUT2D eigenvalue weighted by Gasteiger charge is 2.18. The molecule has 0 saturated heterocycles. The minimum atomic E-state index is -1.93. The molecule has 86 valence electrons. The first-order valence-corrected chi connectivity index (χ1v) is 4.85. The Bertz CT molecular complexity index is 517. The molecule has 0 aliphatic rings. The maximum absolute atomic E-state index is 11.9. The number of halogens is 1. The van der Waals surface area contributed by atoms with Crippen molar-refractivity contribution in [1.29, 1.82) is 0 Å². The van der Waals surface area contributed by atoms with Crippen LogP contribution in [0.2, 0.25) is 5.02 Å². The predicted molar refractivity (Wildman–Crippen MR) is 61.6 cm³/mol. The average molecular weight is 244 g/mol. The van der Waals surface area contributed by atoms with Gasteiger partial charge in [0.25, 0.3) is 0 Å². The summed E-state index contributed by atoms with van der Waals surface area (Å²) in [6, 6.07) is 2.37. The number of carbonyl (C=O) groups is 2. The zero-order chi connectivity index (χ0) is 14.1. The predicted octanol–water partition coefficient (Wildman–Crippen LogP) is 2.22. The number of carboxylic acid groups (broad SMARTS) is 1. The Labute approximate surface area is 101 Å². The lowest BCUT2D eigenvalue weighted by Crippen LogP contribution is -2.15. The van der Waals surface area contributed by atoms with Gasteiger partial charge in [-0.1, -0.05) is 18.5 Å². The second-order valence-electron chi connectivity index (χ2n) is 3.34. The standard InChI is InChI=1S/C11H12ClNO3/c1-6(11(15)16)4-10(14)8-3-2-7(12)5-9(8)13/h2-3,5-6H,4,13H2,1H3,(H,15,16)/i2D,6D. The number of nitrogens with two attached hydrogens (primary N) is 1. The van der Waals surface area contributed by atoms with Crippen molar-refractivity contribution in [3.05, 3.63) is 28.8 Å². The van der Waals surface area contributed by atoms with Gasteiger partial charge in [-0.05, 0) is 18.2 Å². The quantitative estimate of drug-likeness (QED) is 0.628. The van der Waals surface area contributed by atoms with E-state index in [0.717, 1.165) is 6.92 Å². The number of ketones is 1. The molecule has 4 nitrogen and oxygen atoms in total. The fourth-order valence-electron chi connectivity index (χ4n) is 1.13. The summed E-state index contributed by atoms with van der Waals surface area (Å²) in [7, 11) is 0. The summed E-state index contributed by atoms with van der Waals surface area (Å²) in [4.78, 5) is 22.6. The van der Waals surface area contributed by atoms with E-state index in [-0.39, 0.29) is 22.3 Å². The fraction of sp³-hybridized carbons (Fsp3) is 0.273. The van der Waals surface area contributed by atoms with E-state index < -0.39 is 24.1 Å². The van der Waals surface area contributed by atoms with E-state index in [2.05, 4.69) is 0 Å². The van der Waals surface area contributed by atoms with Crippen LogP contribution in [-0.4, -0.2) is 16.9 Å². The van der Waals surface area contributed by atoms with Crippen molar-refractivity contribution in [3.8, 4) is 0 Å². The van der Waals surface area contributed by atoms with E-state index >= 15 is 0 Å². The number of nitrogen functional groups attached to an aromatic ring is 1. The van der Waals surface area contributed by atoms with Crippen LogP contribution in [-0.2, 0) is 4.79 Å². The van der Waals surface area contributed by atoms with Gasteiger partial charge in [0.05, 0.1) is 7.26 Å². The summed E-state index contributed by atoms with van der Waals surface area (Å²) in [5.41, 5.74) is 5.68. The van der Waals surface area contributed by atoms with Gasteiger partial charge in [-0.3, -0.25) is 9.59 Å². The van der Waals surface area contributed by atoms with Crippen LogP contribution in [0, 0.1) is 5.89 Å². The van der Waals surface area contributed by atoms with Crippen molar-refractivity contribution >= 4 is 29.0 Å². The number of hydrogen-bond donors (Lipinski definition) is 2. The average Bonchev–Trinajstić information content (AvgIpc) is 2.22. The molecule has 1 rings (SSSR count). The normalized spacial score (nSPS) is 15.9. The van der Waals surface area contributed by atoms with Crippen LogP contribution in [0.4, 0.5) is 5.69 Å². The molecule has 16 heavy (non-hydrogen) atoms. The number of benzene rings is 1. The van der Waals surface area contributed by atoms with Crippen LogP contribution in [0.3, 0.4) is 0 Å². The molecule has 1 aromatic rings. The number of hydrogen-bond acceptors (Lipinski definition) is 3. The van der Waals surface area contributed by atoms with Crippen molar-refractivity contribution in [3.63, 3.8) is 0 Å². The minimum Gasteiger partial charge on any atom is -0.481 e. The molecule has 0 aliphatic heterocycles. The molecule has 0 radical (unpaired) electrons. The van der Waals surface area contributed by atoms with Crippen LogP contribution in [0.15, 0.2) is 18.2 Å². The third kappa shape index (κ3) is 2.97. The molecule has 0 heterocycles. The van der Waals surface area contributed by atoms with E-state index in [1.165, 1.54) is 12.1 Å². The molecule has 1 unspecified atom stereocenters. The topological polar surface area (TPSA) is 80.4 Å². The van der Waals surface area contributed by atoms with Gasteiger partial charge in [-0.2, -0.15) is 0 Å². The Morgan fingerprint density at radius 3 is 2.94 bits per heavy atom. The number of carbonyl (C=O) groups excluding carboxylic acids is 1. The van der Waals surface area contributed by atoms with Gasteiger partial charge >= 0.3 is 5.97 Å². The molecule has 0 aromatic heterocycles. The summed E-state index contributed by atoms with van der Waals surface area (Å²) in [5, 5.41) is 8.88. The monoisotopic (exact) mass is 243 g/mol. The first-order valence-electron chi connectivity index (χ1n) is 5.47. The fourth-order valence-corrected chi connectivity index (χ4v) is 1.31. The first-order chi connectivity index (χ1) is 8.15. The second kappa shape index (κ2) is 4.99. The van der Waals surface area contributed by atoms with Crippen molar-refractivity contribution in [2.24, 2.45) is 5.89 Å². The lowest BCUT2D eigenvalue weighted by molar-refractivity contribution is -0.141. The van der Waals surface area contributed by atoms with Gasteiger partial charge in [0, 0.05) is 24.1 Å². The highest BCUT2D eigenvalue weighted by molar-refractivity contribution is 6.31. The summed E-state index contributed by atoms with van der Waals surface area (Å²) in [5.74, 6) is -3.92. The molecule has 1 aromatic carbocycles. The largest absolute Gasteiger partial charge is 0.481 e.